The van der Waals surface area contributed by atoms with Crippen LogP contribution in [0.3, 0.4) is 0 Å². The topological polar surface area (TPSA) is 116 Å². The number of aliphatic hydroxyl groups is 2. The Kier molecular flexibility index (Phi) is 14.1. The van der Waals surface area contributed by atoms with Crippen molar-refractivity contribution in [3.63, 3.8) is 0 Å². The molecule has 0 saturated heterocycles. The van der Waals surface area contributed by atoms with E-state index in [1.54, 1.807) is 0 Å². The molecule has 320 valence electrons. The molecule has 8 rings (SSSR count). The average Bonchev–Trinajstić information content (AvgIpc) is 4.08. The van der Waals surface area contributed by atoms with Gasteiger partial charge in [-0.1, -0.05) is 184 Å². The van der Waals surface area contributed by atoms with Gasteiger partial charge in [-0.05, 0) is 71.8 Å². The van der Waals surface area contributed by atoms with Crippen LogP contribution in [0.25, 0.3) is 0 Å². The highest BCUT2D eigenvalue weighted by atomic mass is 16.3. The third kappa shape index (κ3) is 10.3. The van der Waals surface area contributed by atoms with Gasteiger partial charge in [0.2, 0.25) is 11.8 Å². The first kappa shape index (κ1) is 42.8. The molecule has 0 unspecified atom stereocenters. The quantitative estimate of drug-likeness (QED) is 0.0612. The molecular weight excluding hydrogens is 769 g/mol. The Hall–Kier alpha value is -5.83. The molecule has 2 amide bonds. The predicted molar refractivity (Wildman–Crippen MR) is 244 cm³/mol. The highest BCUT2D eigenvalue weighted by Gasteiger charge is 2.41. The number of carbonyl (C=O) groups excluding carboxylic acids is 2. The number of hydrogen-bond donors (Lipinski definition) is 4. The third-order valence-electron chi connectivity index (χ3n) is 13.2. The van der Waals surface area contributed by atoms with Gasteiger partial charge in [-0.3, -0.25) is 9.59 Å². The van der Waals surface area contributed by atoms with E-state index in [-0.39, 0.29) is 18.2 Å². The molecule has 0 aliphatic heterocycles. The highest BCUT2D eigenvalue weighted by Crippen LogP contribution is 2.41. The molecule has 2 fully saturated rings. The molecule has 4 atom stereocenters. The normalized spacial score (nSPS) is 16.6. The number of hydrogen-bond acceptors (Lipinski definition) is 5. The van der Waals surface area contributed by atoms with Crippen molar-refractivity contribution in [3.8, 4) is 0 Å². The molecule has 5 aromatic carbocycles. The molecule has 2 saturated carbocycles. The van der Waals surface area contributed by atoms with Crippen LogP contribution in [0.4, 0.5) is 0 Å². The summed E-state index contributed by atoms with van der Waals surface area (Å²) in [6.45, 7) is 0. The second-order valence-corrected chi connectivity index (χ2v) is 17.6. The van der Waals surface area contributed by atoms with E-state index in [1.807, 2.05) is 128 Å². The summed E-state index contributed by atoms with van der Waals surface area (Å²) in [6.07, 6.45) is 10.7. The minimum absolute atomic E-state index is 0.0334. The lowest BCUT2D eigenvalue weighted by Gasteiger charge is -2.37. The number of aliphatic hydroxyl groups excluding tert-OH is 2. The van der Waals surface area contributed by atoms with Crippen LogP contribution in [0.15, 0.2) is 164 Å². The predicted octanol–water partition coefficient (Wildman–Crippen LogP) is 8.44. The first-order valence-corrected chi connectivity index (χ1v) is 22.6. The molecule has 6 aromatic rings. The van der Waals surface area contributed by atoms with Gasteiger partial charge < -0.3 is 25.4 Å². The van der Waals surface area contributed by atoms with Gasteiger partial charge in [0.15, 0.2) is 0 Å². The number of aromatic nitrogens is 2. The number of amides is 2. The first-order valence-electron chi connectivity index (χ1n) is 22.6. The van der Waals surface area contributed by atoms with Gasteiger partial charge in [-0.25, -0.2) is 4.98 Å². The van der Waals surface area contributed by atoms with Crippen molar-refractivity contribution in [2.24, 2.45) is 17.8 Å². The monoisotopic (exact) mass is 828 g/mol. The summed E-state index contributed by atoms with van der Waals surface area (Å²) in [5.74, 6) is -0.718. The van der Waals surface area contributed by atoms with E-state index in [1.165, 1.54) is 6.42 Å². The van der Waals surface area contributed by atoms with E-state index in [2.05, 4.69) is 51.6 Å². The summed E-state index contributed by atoms with van der Waals surface area (Å²) in [4.78, 5) is 34.6. The van der Waals surface area contributed by atoms with Gasteiger partial charge in [0.25, 0.3) is 0 Å². The number of nitrogens with zero attached hydrogens (tertiary/aromatic N) is 2. The third-order valence-corrected chi connectivity index (χ3v) is 13.2. The lowest BCUT2D eigenvalue weighted by Crippen LogP contribution is -2.56. The Labute approximate surface area is 366 Å². The molecule has 62 heavy (non-hydrogen) atoms. The minimum atomic E-state index is -1.11. The van der Waals surface area contributed by atoms with Gasteiger partial charge in [0.05, 0.1) is 24.2 Å². The Morgan fingerprint density at radius 2 is 1.10 bits per heavy atom. The van der Waals surface area contributed by atoms with Gasteiger partial charge in [0.1, 0.15) is 17.7 Å². The van der Waals surface area contributed by atoms with Gasteiger partial charge >= 0.3 is 0 Å². The van der Waals surface area contributed by atoms with Crippen molar-refractivity contribution < 1.29 is 19.8 Å². The Morgan fingerprint density at radius 1 is 0.613 bits per heavy atom. The zero-order valence-electron chi connectivity index (χ0n) is 35.5. The zero-order valence-corrected chi connectivity index (χ0v) is 35.5. The molecule has 1 heterocycles. The number of nitrogens with one attached hydrogen (secondary N) is 2. The Balaban J connectivity index is 1.15. The van der Waals surface area contributed by atoms with Crippen LogP contribution >= 0.6 is 0 Å². The number of carbonyl (C=O) groups is 2. The maximum atomic E-state index is 14.9. The maximum Gasteiger partial charge on any atom is 0.243 e. The largest absolute Gasteiger partial charge is 0.390 e. The van der Waals surface area contributed by atoms with Crippen LogP contribution in [0.1, 0.15) is 84.9 Å². The van der Waals surface area contributed by atoms with Crippen LogP contribution in [0.2, 0.25) is 0 Å². The maximum absolute atomic E-state index is 14.9. The van der Waals surface area contributed by atoms with E-state index in [0.717, 1.165) is 66.3 Å². The molecule has 1 aromatic heterocycles. The van der Waals surface area contributed by atoms with E-state index in [4.69, 9.17) is 4.98 Å². The molecule has 2 aliphatic carbocycles. The van der Waals surface area contributed by atoms with Crippen LogP contribution in [0.5, 0.6) is 0 Å². The van der Waals surface area contributed by atoms with Crippen LogP contribution in [-0.2, 0) is 34.4 Å². The van der Waals surface area contributed by atoms with Crippen molar-refractivity contribution in [2.75, 3.05) is 0 Å². The number of rotatable bonds is 19. The number of benzene rings is 5. The fourth-order valence-corrected chi connectivity index (χ4v) is 9.70. The van der Waals surface area contributed by atoms with Crippen LogP contribution in [-0.4, -0.2) is 55.9 Å². The molecule has 0 bridgehead atoms. The second-order valence-electron chi connectivity index (χ2n) is 17.6. The molecule has 0 spiro atoms. The van der Waals surface area contributed by atoms with Crippen molar-refractivity contribution in [3.05, 3.63) is 198 Å². The molecule has 8 nitrogen and oxygen atoms in total. The SMILES string of the molecule is O=C(N[C@@H](Cc1cn(C(c2ccccc2)(c2ccccc2)c2ccccc2)cn1)C(=O)N[C@@H](CC1CCCCC1)[C@@H](O)[C@@H](O)C1CC1)C(Cc1ccccc1)Cc1ccccc1. The van der Waals surface area contributed by atoms with E-state index < -0.39 is 41.7 Å². The standard InChI is InChI=1S/C54H60N4O4/c59-50(42-31-32-42)51(60)48(35-41-23-11-3-12-24-41)56-53(62)49(57-52(61)43(33-39-19-7-1-8-20-39)34-40-21-9-2-10-22-40)36-47-37-58(38-55-47)54(44-25-13-4-14-26-44,45-27-15-5-16-28-45)46-29-17-6-18-30-46/h1-2,4-10,13-22,25-30,37-38,41-43,48-51,59-60H,3,11-12,23-24,31-36H2,(H,56,62)(H,57,61)/t48-,49-,50-,51+/m0/s1. The molecular formula is C54H60N4O4. The highest BCUT2D eigenvalue weighted by molar-refractivity contribution is 5.89. The summed E-state index contributed by atoms with van der Waals surface area (Å²) in [5.41, 5.74) is 5.02. The Bertz CT molecular complexity index is 2160. The van der Waals surface area contributed by atoms with E-state index in [9.17, 15) is 19.8 Å². The summed E-state index contributed by atoms with van der Waals surface area (Å²) in [5, 5.41) is 29.3. The number of imidazole rings is 1. The van der Waals surface area contributed by atoms with Gasteiger partial charge in [-0.2, -0.15) is 0 Å². The summed E-state index contributed by atoms with van der Waals surface area (Å²) in [6, 6.07) is 49.4. The average molecular weight is 829 g/mol. The van der Waals surface area contributed by atoms with Crippen molar-refractivity contribution in [1.82, 2.24) is 20.2 Å². The fraction of sp³-hybridized carbons (Fsp3) is 0.352. The fourth-order valence-electron chi connectivity index (χ4n) is 9.70. The molecule has 4 N–H and O–H groups in total. The minimum Gasteiger partial charge on any atom is -0.390 e. The first-order chi connectivity index (χ1) is 30.4. The van der Waals surface area contributed by atoms with Crippen LogP contribution < -0.4 is 10.6 Å². The zero-order chi connectivity index (χ0) is 42.7. The molecule has 8 heteroatoms. The van der Waals surface area contributed by atoms with Crippen molar-refractivity contribution in [2.45, 2.75) is 100 Å². The second kappa shape index (κ2) is 20.4. The summed E-state index contributed by atoms with van der Waals surface area (Å²) >= 11 is 0. The van der Waals surface area contributed by atoms with E-state index in [0.29, 0.717) is 30.9 Å². The van der Waals surface area contributed by atoms with E-state index >= 15 is 0 Å². The molecule has 0 radical (unpaired) electrons. The lowest BCUT2D eigenvalue weighted by atomic mass is 9.77. The van der Waals surface area contributed by atoms with Crippen molar-refractivity contribution in [1.29, 1.82) is 0 Å². The van der Waals surface area contributed by atoms with Gasteiger partial charge in [0, 0.05) is 18.5 Å². The summed E-state index contributed by atoms with van der Waals surface area (Å²) < 4.78 is 2.12. The van der Waals surface area contributed by atoms with Gasteiger partial charge in [-0.15, -0.1) is 0 Å². The lowest BCUT2D eigenvalue weighted by molar-refractivity contribution is -0.132. The summed E-state index contributed by atoms with van der Waals surface area (Å²) in [7, 11) is 0. The van der Waals surface area contributed by atoms with Crippen molar-refractivity contribution >= 4 is 11.8 Å². The molecule has 2 aliphatic rings. The van der Waals surface area contributed by atoms with Crippen LogP contribution in [0, 0.1) is 17.8 Å². The Morgan fingerprint density at radius 3 is 1.58 bits per heavy atom. The smallest absolute Gasteiger partial charge is 0.243 e.